The third kappa shape index (κ3) is 4.43. The highest BCUT2D eigenvalue weighted by atomic mass is 16.5. The fraction of sp³-hybridized carbons (Fsp3) is 0.429. The molecule has 11 nitrogen and oxygen atoms in total. The number of nitrogens with two attached hydrogens (primary N) is 1. The van der Waals surface area contributed by atoms with Crippen molar-refractivity contribution in [2.24, 2.45) is 0 Å². The summed E-state index contributed by atoms with van der Waals surface area (Å²) in [5.74, 6) is 2.17. The second kappa shape index (κ2) is 8.97. The first-order valence-corrected chi connectivity index (χ1v) is 10.8. The van der Waals surface area contributed by atoms with Gasteiger partial charge >= 0.3 is 0 Å². The maximum atomic E-state index is 5.93. The zero-order chi connectivity index (χ0) is 21.9. The van der Waals surface area contributed by atoms with Gasteiger partial charge < -0.3 is 30.5 Å². The van der Waals surface area contributed by atoms with Crippen LogP contribution in [-0.4, -0.2) is 89.2 Å². The molecule has 2 aliphatic rings. The number of nitrogen functional groups attached to an aromatic ring is 1. The smallest absolute Gasteiger partial charge is 0.241 e. The van der Waals surface area contributed by atoms with Gasteiger partial charge in [0.1, 0.15) is 12.1 Å². The minimum absolute atomic E-state index is 0.178. The van der Waals surface area contributed by atoms with Crippen LogP contribution < -0.4 is 20.9 Å². The highest BCUT2D eigenvalue weighted by Crippen LogP contribution is 2.24. The fourth-order valence-electron chi connectivity index (χ4n) is 3.94. The third-order valence-corrected chi connectivity index (χ3v) is 5.81. The number of hydrogen-bond acceptors (Lipinski definition) is 10. The van der Waals surface area contributed by atoms with Crippen LogP contribution >= 0.6 is 0 Å². The molecule has 0 spiro atoms. The van der Waals surface area contributed by atoms with Crippen molar-refractivity contribution in [1.82, 2.24) is 29.6 Å². The molecule has 5 rings (SSSR count). The van der Waals surface area contributed by atoms with Gasteiger partial charge in [-0.3, -0.25) is 0 Å². The van der Waals surface area contributed by atoms with E-state index in [0.717, 1.165) is 64.0 Å². The molecule has 0 amide bonds. The van der Waals surface area contributed by atoms with Crippen molar-refractivity contribution >= 4 is 29.1 Å². The molecule has 4 heterocycles. The van der Waals surface area contributed by atoms with Crippen molar-refractivity contribution in [1.29, 1.82) is 0 Å². The lowest BCUT2D eigenvalue weighted by atomic mass is 10.2. The number of rotatable bonds is 5. The Bertz CT molecular complexity index is 1040. The summed E-state index contributed by atoms with van der Waals surface area (Å²) in [5, 5.41) is 7.66. The lowest BCUT2D eigenvalue weighted by Gasteiger charge is -2.33. The van der Waals surface area contributed by atoms with Crippen LogP contribution in [0.15, 0.2) is 36.7 Å². The van der Waals surface area contributed by atoms with Crippen LogP contribution in [0.1, 0.15) is 0 Å². The molecule has 2 saturated heterocycles. The Hall–Kier alpha value is -3.44. The first-order valence-electron chi connectivity index (χ1n) is 10.8. The van der Waals surface area contributed by atoms with E-state index in [4.69, 9.17) is 10.5 Å². The number of anilines is 5. The summed E-state index contributed by atoms with van der Waals surface area (Å²) in [4.78, 5) is 20.1. The number of ether oxygens (including phenoxy) is 1. The van der Waals surface area contributed by atoms with E-state index in [1.165, 1.54) is 5.69 Å². The molecule has 1 aromatic carbocycles. The van der Waals surface area contributed by atoms with Gasteiger partial charge in [0.25, 0.3) is 0 Å². The number of benzene rings is 1. The highest BCUT2D eigenvalue weighted by Gasteiger charge is 2.18. The molecule has 0 bridgehead atoms. The van der Waals surface area contributed by atoms with Crippen LogP contribution in [0.4, 0.5) is 29.1 Å². The number of likely N-dealkylation sites (N-methyl/N-ethyl adjacent to an activating group) is 1. The average Bonchev–Trinajstić information content (AvgIpc) is 3.20. The molecular formula is C21H28N10O. The molecule has 168 valence electrons. The fourth-order valence-corrected chi connectivity index (χ4v) is 3.94. The van der Waals surface area contributed by atoms with Crippen LogP contribution in [-0.2, 0) is 4.74 Å². The van der Waals surface area contributed by atoms with E-state index in [1.54, 1.807) is 11.0 Å². The van der Waals surface area contributed by atoms with E-state index in [-0.39, 0.29) is 5.95 Å². The summed E-state index contributed by atoms with van der Waals surface area (Å²) in [6.07, 6.45) is 1.56. The van der Waals surface area contributed by atoms with Crippen molar-refractivity contribution < 1.29 is 4.74 Å². The van der Waals surface area contributed by atoms with Crippen molar-refractivity contribution in [3.63, 3.8) is 0 Å². The number of nitrogens with one attached hydrogen (secondary N) is 1. The van der Waals surface area contributed by atoms with E-state index in [0.29, 0.717) is 11.8 Å². The quantitative estimate of drug-likeness (QED) is 0.600. The predicted molar refractivity (Wildman–Crippen MR) is 124 cm³/mol. The van der Waals surface area contributed by atoms with Gasteiger partial charge in [0.2, 0.25) is 11.9 Å². The van der Waals surface area contributed by atoms with Gasteiger partial charge in [0.05, 0.1) is 13.2 Å². The summed E-state index contributed by atoms with van der Waals surface area (Å²) < 4.78 is 7.05. The summed E-state index contributed by atoms with van der Waals surface area (Å²) in [6.45, 7) is 7.18. The van der Waals surface area contributed by atoms with Crippen molar-refractivity contribution in [3.05, 3.63) is 36.7 Å². The molecule has 2 aromatic heterocycles. The molecule has 0 aliphatic carbocycles. The van der Waals surface area contributed by atoms with Crippen LogP contribution in [0, 0.1) is 0 Å². The number of morpholine rings is 1. The van der Waals surface area contributed by atoms with Crippen LogP contribution in [0.3, 0.4) is 0 Å². The zero-order valence-corrected chi connectivity index (χ0v) is 18.2. The predicted octanol–water partition coefficient (Wildman–Crippen LogP) is 0.972. The number of hydrogen-bond donors (Lipinski definition) is 2. The molecule has 3 N–H and O–H groups in total. The normalized spacial score (nSPS) is 17.5. The lowest BCUT2D eigenvalue weighted by Crippen LogP contribution is -2.44. The molecule has 0 radical (unpaired) electrons. The van der Waals surface area contributed by atoms with Crippen LogP contribution in [0.2, 0.25) is 0 Å². The second-order valence-corrected chi connectivity index (χ2v) is 8.00. The second-order valence-electron chi connectivity index (χ2n) is 8.00. The Morgan fingerprint density at radius 2 is 1.62 bits per heavy atom. The molecule has 32 heavy (non-hydrogen) atoms. The zero-order valence-electron chi connectivity index (χ0n) is 18.2. The monoisotopic (exact) mass is 436 g/mol. The van der Waals surface area contributed by atoms with Crippen molar-refractivity contribution in [2.75, 3.05) is 80.4 Å². The average molecular weight is 437 g/mol. The Balaban J connectivity index is 1.35. The maximum absolute atomic E-state index is 5.93. The van der Waals surface area contributed by atoms with Gasteiger partial charge in [-0.1, -0.05) is 0 Å². The Labute approximate surface area is 186 Å². The molecule has 0 unspecified atom stereocenters. The van der Waals surface area contributed by atoms with Gasteiger partial charge in [-0.15, -0.1) is 5.10 Å². The molecular weight excluding hydrogens is 408 g/mol. The van der Waals surface area contributed by atoms with Gasteiger partial charge in [-0.2, -0.15) is 9.67 Å². The van der Waals surface area contributed by atoms with E-state index in [9.17, 15) is 0 Å². The highest BCUT2D eigenvalue weighted by molar-refractivity contribution is 5.61. The maximum Gasteiger partial charge on any atom is 0.241 e. The van der Waals surface area contributed by atoms with E-state index >= 15 is 0 Å². The molecule has 0 atom stereocenters. The van der Waals surface area contributed by atoms with Gasteiger partial charge in [-0.25, -0.2) is 9.97 Å². The first kappa shape index (κ1) is 20.5. The standard InChI is InChI=1S/C21H28N10O/c1-28-6-8-30(9-7-28)18-14-19(24-15-23-18)31-21(26-20(22)27-31)25-16-2-4-17(5-3-16)29-10-12-32-13-11-29/h2-5,14-15H,6-13H2,1H3,(H3,22,25,26,27). The number of piperazine rings is 1. The Morgan fingerprint density at radius 3 is 2.38 bits per heavy atom. The van der Waals surface area contributed by atoms with Gasteiger partial charge in [0.15, 0.2) is 5.82 Å². The molecule has 0 saturated carbocycles. The number of aromatic nitrogens is 5. The van der Waals surface area contributed by atoms with E-state index in [1.807, 2.05) is 18.2 Å². The largest absolute Gasteiger partial charge is 0.378 e. The first-order chi connectivity index (χ1) is 15.7. The molecule has 11 heteroatoms. The summed E-state index contributed by atoms with van der Waals surface area (Å²) >= 11 is 0. The topological polar surface area (TPSA) is 113 Å². The summed E-state index contributed by atoms with van der Waals surface area (Å²) in [6, 6.07) is 10.2. The number of nitrogens with zero attached hydrogens (tertiary/aromatic N) is 8. The van der Waals surface area contributed by atoms with Crippen molar-refractivity contribution in [2.45, 2.75) is 0 Å². The minimum Gasteiger partial charge on any atom is -0.378 e. The van der Waals surface area contributed by atoms with E-state index in [2.05, 4.69) is 59.2 Å². The minimum atomic E-state index is 0.178. The van der Waals surface area contributed by atoms with Gasteiger partial charge in [0, 0.05) is 56.7 Å². The Morgan fingerprint density at radius 1 is 0.906 bits per heavy atom. The summed E-state index contributed by atoms with van der Waals surface area (Å²) in [5.41, 5.74) is 7.99. The molecule has 2 fully saturated rings. The Kier molecular flexibility index (Phi) is 5.73. The SMILES string of the molecule is CN1CCN(c2cc(-n3nc(N)nc3Nc3ccc(N4CCOCC4)cc3)ncn2)CC1. The molecule has 3 aromatic rings. The summed E-state index contributed by atoms with van der Waals surface area (Å²) in [7, 11) is 2.13. The van der Waals surface area contributed by atoms with Crippen LogP contribution in [0.25, 0.3) is 5.82 Å². The van der Waals surface area contributed by atoms with E-state index < -0.39 is 0 Å². The third-order valence-electron chi connectivity index (χ3n) is 5.81. The lowest BCUT2D eigenvalue weighted by molar-refractivity contribution is 0.122. The van der Waals surface area contributed by atoms with Crippen molar-refractivity contribution in [3.8, 4) is 5.82 Å². The molecule has 2 aliphatic heterocycles. The van der Waals surface area contributed by atoms with Gasteiger partial charge in [-0.05, 0) is 31.3 Å². The van der Waals surface area contributed by atoms with Crippen LogP contribution in [0.5, 0.6) is 0 Å².